The summed E-state index contributed by atoms with van der Waals surface area (Å²) in [4.78, 5) is 16.6. The first-order valence-corrected chi connectivity index (χ1v) is 8.39. The number of amides is 2. The molecular weight excluding hydrogens is 326 g/mol. The molecule has 132 valence electrons. The molecule has 1 aromatic heterocycles. The second-order valence-electron chi connectivity index (χ2n) is 5.95. The van der Waals surface area contributed by atoms with Crippen LogP contribution in [0.3, 0.4) is 0 Å². The Balaban J connectivity index is 1.67. The Morgan fingerprint density at radius 1 is 0.962 bits per heavy atom. The monoisotopic (exact) mass is 347 g/mol. The quantitative estimate of drug-likeness (QED) is 0.688. The number of hydrogen-bond donors (Lipinski definition) is 2. The van der Waals surface area contributed by atoms with Crippen molar-refractivity contribution in [3.63, 3.8) is 0 Å². The van der Waals surface area contributed by atoms with Gasteiger partial charge in [-0.15, -0.1) is 0 Å². The van der Waals surface area contributed by atoms with Crippen molar-refractivity contribution in [3.8, 4) is 5.75 Å². The van der Waals surface area contributed by atoms with E-state index in [1.165, 1.54) is 0 Å². The van der Waals surface area contributed by atoms with Gasteiger partial charge in [0.05, 0.1) is 0 Å². The fourth-order valence-electron chi connectivity index (χ4n) is 2.48. The van der Waals surface area contributed by atoms with Crippen molar-refractivity contribution in [3.05, 3.63) is 83.6 Å². The van der Waals surface area contributed by atoms with Crippen LogP contribution in [0.1, 0.15) is 16.7 Å². The van der Waals surface area contributed by atoms with Gasteiger partial charge in [0.1, 0.15) is 6.61 Å². The van der Waals surface area contributed by atoms with Crippen molar-refractivity contribution in [2.24, 2.45) is 0 Å². The molecule has 5 nitrogen and oxygen atoms in total. The van der Waals surface area contributed by atoms with Gasteiger partial charge in [0.2, 0.25) is 0 Å². The zero-order valence-corrected chi connectivity index (χ0v) is 14.8. The molecule has 0 spiro atoms. The molecule has 3 aromatic rings. The van der Waals surface area contributed by atoms with Crippen molar-refractivity contribution in [1.29, 1.82) is 0 Å². The highest BCUT2D eigenvalue weighted by Crippen LogP contribution is 2.23. The zero-order chi connectivity index (χ0) is 18.4. The molecule has 2 amide bonds. The van der Waals surface area contributed by atoms with E-state index in [1.807, 2.05) is 62.4 Å². The number of ether oxygens (including phenoxy) is 1. The van der Waals surface area contributed by atoms with E-state index in [1.54, 1.807) is 18.3 Å². The molecule has 2 aromatic carbocycles. The van der Waals surface area contributed by atoms with Crippen molar-refractivity contribution in [2.45, 2.75) is 20.5 Å². The Labute approximate surface area is 153 Å². The van der Waals surface area contributed by atoms with Crippen molar-refractivity contribution in [2.75, 3.05) is 10.6 Å². The molecule has 2 N–H and O–H groups in total. The smallest absolute Gasteiger partial charge is 0.324 e. The number of nitrogens with one attached hydrogen (secondary N) is 2. The summed E-state index contributed by atoms with van der Waals surface area (Å²) < 4.78 is 5.81. The average Bonchev–Trinajstić information content (AvgIpc) is 2.65. The molecule has 5 heteroatoms. The number of nitrogens with zero attached hydrogens (tertiary/aromatic N) is 1. The number of carbonyl (C=O) groups excluding carboxylic acids is 1. The van der Waals surface area contributed by atoms with Crippen LogP contribution in [-0.2, 0) is 6.61 Å². The van der Waals surface area contributed by atoms with E-state index in [0.29, 0.717) is 18.2 Å². The molecule has 0 atom stereocenters. The molecule has 3 rings (SSSR count). The van der Waals surface area contributed by atoms with Crippen LogP contribution >= 0.6 is 0 Å². The molecule has 0 unspecified atom stereocenters. The third-order valence-electron chi connectivity index (χ3n) is 4.09. The largest absolute Gasteiger partial charge is 0.485 e. The second-order valence-corrected chi connectivity index (χ2v) is 5.95. The molecule has 1 heterocycles. The molecule has 0 saturated carbocycles. The van der Waals surface area contributed by atoms with E-state index in [2.05, 4.69) is 15.6 Å². The van der Waals surface area contributed by atoms with Crippen LogP contribution < -0.4 is 15.4 Å². The van der Waals surface area contributed by atoms with Crippen LogP contribution in [-0.4, -0.2) is 11.0 Å². The van der Waals surface area contributed by atoms with E-state index in [0.717, 1.165) is 22.4 Å². The van der Waals surface area contributed by atoms with E-state index in [-0.39, 0.29) is 6.03 Å². The van der Waals surface area contributed by atoms with Gasteiger partial charge in [-0.05, 0) is 48.7 Å². The average molecular weight is 347 g/mol. The van der Waals surface area contributed by atoms with Crippen LogP contribution in [0.2, 0.25) is 0 Å². The molecule has 0 aliphatic rings. The highest BCUT2D eigenvalue weighted by molar-refractivity contribution is 6.00. The lowest BCUT2D eigenvalue weighted by molar-refractivity contribution is 0.261. The normalized spacial score (nSPS) is 10.2. The van der Waals surface area contributed by atoms with Crippen LogP contribution in [0.15, 0.2) is 66.9 Å². The standard InChI is InChI=1S/C21H21N3O2/c1-15-8-6-11-18(16(15)2)23-21(25)24-20-19(12-7-13-22-20)26-14-17-9-4-3-5-10-17/h3-13H,14H2,1-2H3,(H2,22,23,24,25). The van der Waals surface area contributed by atoms with Gasteiger partial charge in [0.25, 0.3) is 0 Å². The maximum Gasteiger partial charge on any atom is 0.324 e. The van der Waals surface area contributed by atoms with Gasteiger partial charge >= 0.3 is 6.03 Å². The van der Waals surface area contributed by atoms with Gasteiger partial charge in [0, 0.05) is 11.9 Å². The third-order valence-corrected chi connectivity index (χ3v) is 4.09. The maximum absolute atomic E-state index is 12.4. The number of benzene rings is 2. The van der Waals surface area contributed by atoms with E-state index in [9.17, 15) is 4.79 Å². The predicted molar refractivity (Wildman–Crippen MR) is 104 cm³/mol. The number of carbonyl (C=O) groups is 1. The summed E-state index contributed by atoms with van der Waals surface area (Å²) in [6.07, 6.45) is 1.61. The number of aromatic nitrogens is 1. The number of hydrogen-bond acceptors (Lipinski definition) is 3. The Hall–Kier alpha value is -3.34. The van der Waals surface area contributed by atoms with Gasteiger partial charge in [-0.25, -0.2) is 9.78 Å². The number of aryl methyl sites for hydroxylation is 1. The van der Waals surface area contributed by atoms with Gasteiger partial charge in [-0.2, -0.15) is 0 Å². The second kappa shape index (κ2) is 8.16. The molecule has 0 aliphatic carbocycles. The molecule has 26 heavy (non-hydrogen) atoms. The fraction of sp³-hybridized carbons (Fsp3) is 0.143. The Kier molecular flexibility index (Phi) is 5.49. The topological polar surface area (TPSA) is 63.2 Å². The van der Waals surface area contributed by atoms with Gasteiger partial charge in [0.15, 0.2) is 11.6 Å². The van der Waals surface area contributed by atoms with E-state index in [4.69, 9.17) is 4.74 Å². The van der Waals surface area contributed by atoms with Crippen LogP contribution in [0.5, 0.6) is 5.75 Å². The van der Waals surface area contributed by atoms with Gasteiger partial charge in [-0.1, -0.05) is 42.5 Å². The first-order valence-electron chi connectivity index (χ1n) is 8.39. The first kappa shape index (κ1) is 17.5. The van der Waals surface area contributed by atoms with Gasteiger partial charge in [-0.3, -0.25) is 5.32 Å². The Morgan fingerprint density at radius 2 is 1.77 bits per heavy atom. The number of urea groups is 1. The van der Waals surface area contributed by atoms with Crippen molar-refractivity contribution >= 4 is 17.5 Å². The van der Waals surface area contributed by atoms with Crippen LogP contribution in [0.25, 0.3) is 0 Å². The molecule has 0 aliphatic heterocycles. The lowest BCUT2D eigenvalue weighted by Crippen LogP contribution is -2.21. The minimum Gasteiger partial charge on any atom is -0.485 e. The van der Waals surface area contributed by atoms with Crippen LogP contribution in [0, 0.1) is 13.8 Å². The third kappa shape index (κ3) is 4.39. The zero-order valence-electron chi connectivity index (χ0n) is 14.8. The molecule has 0 bridgehead atoms. The minimum absolute atomic E-state index is 0.359. The Morgan fingerprint density at radius 3 is 2.58 bits per heavy atom. The summed E-state index contributed by atoms with van der Waals surface area (Å²) in [5, 5.41) is 5.61. The molecular formula is C21H21N3O2. The Bertz CT molecular complexity index is 895. The highest BCUT2D eigenvalue weighted by atomic mass is 16.5. The lowest BCUT2D eigenvalue weighted by Gasteiger charge is -2.13. The first-order chi connectivity index (χ1) is 12.6. The predicted octanol–water partition coefficient (Wildman–Crippen LogP) is 4.92. The van der Waals surface area contributed by atoms with E-state index >= 15 is 0 Å². The summed E-state index contributed by atoms with van der Waals surface area (Å²) in [5.74, 6) is 0.902. The van der Waals surface area contributed by atoms with Crippen LogP contribution in [0.4, 0.5) is 16.3 Å². The van der Waals surface area contributed by atoms with E-state index < -0.39 is 0 Å². The van der Waals surface area contributed by atoms with Crippen molar-refractivity contribution < 1.29 is 9.53 Å². The summed E-state index contributed by atoms with van der Waals surface area (Å²) in [7, 11) is 0. The highest BCUT2D eigenvalue weighted by Gasteiger charge is 2.11. The summed E-state index contributed by atoms with van der Waals surface area (Å²) in [6, 6.07) is 18.8. The fourth-order valence-corrected chi connectivity index (χ4v) is 2.48. The minimum atomic E-state index is -0.359. The summed E-state index contributed by atoms with van der Waals surface area (Å²) >= 11 is 0. The summed E-state index contributed by atoms with van der Waals surface area (Å²) in [5.41, 5.74) is 3.96. The number of rotatable bonds is 5. The number of pyridine rings is 1. The number of anilines is 2. The molecule has 0 fully saturated rings. The molecule has 0 saturated heterocycles. The van der Waals surface area contributed by atoms with Gasteiger partial charge < -0.3 is 10.1 Å². The SMILES string of the molecule is Cc1cccc(NC(=O)Nc2ncccc2OCc2ccccc2)c1C. The maximum atomic E-state index is 12.4. The lowest BCUT2D eigenvalue weighted by atomic mass is 10.1. The van der Waals surface area contributed by atoms with Crippen molar-refractivity contribution in [1.82, 2.24) is 4.98 Å². The summed E-state index contributed by atoms with van der Waals surface area (Å²) in [6.45, 7) is 4.38. The molecule has 0 radical (unpaired) electrons.